The average molecular weight is 528 g/mol. The van der Waals surface area contributed by atoms with Gasteiger partial charge in [0.05, 0.1) is 22.2 Å². The standard InChI is InChI=1S/C26H20F4N4O4/c1-15-6-8-19(9-7-15)33-25(38-22-11-10-20(34(36)37)13-21(22)27)16(2)23(32-33)24(35)31-14-17-4-3-5-18(12-17)26(28,29)30/h3-13H,14H2,1-2H3,(H,31,35). The zero-order valence-corrected chi connectivity index (χ0v) is 20.0. The first-order valence-corrected chi connectivity index (χ1v) is 11.2. The van der Waals surface area contributed by atoms with Crippen LogP contribution >= 0.6 is 0 Å². The fraction of sp³-hybridized carbons (Fsp3) is 0.154. The summed E-state index contributed by atoms with van der Waals surface area (Å²) in [6.45, 7) is 3.18. The van der Waals surface area contributed by atoms with Gasteiger partial charge in [-0.1, -0.05) is 29.8 Å². The molecule has 1 heterocycles. The van der Waals surface area contributed by atoms with Crippen LogP contribution in [-0.4, -0.2) is 20.6 Å². The van der Waals surface area contributed by atoms with E-state index in [4.69, 9.17) is 4.74 Å². The van der Waals surface area contributed by atoms with Crippen LogP contribution in [0.4, 0.5) is 23.2 Å². The molecule has 1 aromatic heterocycles. The SMILES string of the molecule is Cc1ccc(-n2nc(C(=O)NCc3cccc(C(F)(F)F)c3)c(C)c2Oc2ccc([N+](=O)[O-])cc2F)cc1. The van der Waals surface area contributed by atoms with Crippen LogP contribution in [0.1, 0.15) is 32.7 Å². The van der Waals surface area contributed by atoms with Crippen LogP contribution in [0.2, 0.25) is 0 Å². The van der Waals surface area contributed by atoms with E-state index in [0.29, 0.717) is 11.8 Å². The van der Waals surface area contributed by atoms with Crippen LogP contribution < -0.4 is 10.1 Å². The highest BCUT2D eigenvalue weighted by atomic mass is 19.4. The Hall–Kier alpha value is -4.74. The number of amides is 1. The number of non-ortho nitro benzene ring substituents is 1. The molecule has 1 N–H and O–H groups in total. The number of ether oxygens (including phenoxy) is 1. The second-order valence-electron chi connectivity index (χ2n) is 8.38. The Balaban J connectivity index is 1.67. The molecule has 0 saturated carbocycles. The normalized spacial score (nSPS) is 11.3. The first-order chi connectivity index (χ1) is 17.9. The molecule has 38 heavy (non-hydrogen) atoms. The number of halogens is 4. The monoisotopic (exact) mass is 528 g/mol. The van der Waals surface area contributed by atoms with Crippen LogP contribution in [0.5, 0.6) is 11.6 Å². The van der Waals surface area contributed by atoms with Crippen molar-refractivity contribution >= 4 is 11.6 Å². The van der Waals surface area contributed by atoms with E-state index in [0.717, 1.165) is 29.8 Å². The molecule has 0 unspecified atom stereocenters. The maximum Gasteiger partial charge on any atom is 0.416 e. The van der Waals surface area contributed by atoms with E-state index in [-0.39, 0.29) is 35.0 Å². The van der Waals surface area contributed by atoms with Crippen molar-refractivity contribution in [1.82, 2.24) is 15.1 Å². The summed E-state index contributed by atoms with van der Waals surface area (Å²) in [5.74, 6) is -2.04. The van der Waals surface area contributed by atoms with Gasteiger partial charge in [-0.05, 0) is 49.7 Å². The molecule has 8 nitrogen and oxygen atoms in total. The topological polar surface area (TPSA) is 99.3 Å². The Labute approximate surface area is 213 Å². The van der Waals surface area contributed by atoms with Crippen molar-refractivity contribution in [3.8, 4) is 17.3 Å². The lowest BCUT2D eigenvalue weighted by atomic mass is 10.1. The molecule has 0 atom stereocenters. The van der Waals surface area contributed by atoms with Gasteiger partial charge in [-0.15, -0.1) is 0 Å². The van der Waals surface area contributed by atoms with Gasteiger partial charge < -0.3 is 10.1 Å². The third-order valence-electron chi connectivity index (χ3n) is 5.60. The van der Waals surface area contributed by atoms with E-state index in [2.05, 4.69) is 10.4 Å². The minimum Gasteiger partial charge on any atom is -0.436 e. The van der Waals surface area contributed by atoms with Gasteiger partial charge in [-0.25, -0.2) is 4.39 Å². The summed E-state index contributed by atoms with van der Waals surface area (Å²) in [6, 6.07) is 14.4. The van der Waals surface area contributed by atoms with E-state index in [1.807, 2.05) is 6.92 Å². The summed E-state index contributed by atoms with van der Waals surface area (Å²) in [5.41, 5.74) is 0.458. The Morgan fingerprint density at radius 3 is 2.42 bits per heavy atom. The van der Waals surface area contributed by atoms with Crippen molar-refractivity contribution in [2.45, 2.75) is 26.6 Å². The summed E-state index contributed by atoms with van der Waals surface area (Å²) < 4.78 is 60.6. The minimum absolute atomic E-state index is 0.0224. The number of nitrogens with zero attached hydrogens (tertiary/aromatic N) is 3. The van der Waals surface area contributed by atoms with Crippen molar-refractivity contribution < 1.29 is 32.0 Å². The molecule has 196 valence electrons. The van der Waals surface area contributed by atoms with E-state index in [1.165, 1.54) is 23.7 Å². The number of aromatic nitrogens is 2. The average Bonchev–Trinajstić information content (AvgIpc) is 3.19. The lowest BCUT2D eigenvalue weighted by molar-refractivity contribution is -0.385. The third-order valence-corrected chi connectivity index (χ3v) is 5.60. The largest absolute Gasteiger partial charge is 0.436 e. The Morgan fingerprint density at radius 2 is 1.79 bits per heavy atom. The molecule has 0 saturated heterocycles. The highest BCUT2D eigenvalue weighted by molar-refractivity contribution is 5.94. The lowest BCUT2D eigenvalue weighted by Gasteiger charge is -2.11. The molecular weight excluding hydrogens is 508 g/mol. The first-order valence-electron chi connectivity index (χ1n) is 11.2. The Kier molecular flexibility index (Phi) is 7.15. The molecule has 0 aliphatic carbocycles. The highest BCUT2D eigenvalue weighted by Crippen LogP contribution is 2.33. The Bertz CT molecular complexity index is 1510. The number of nitrogens with one attached hydrogen (secondary N) is 1. The van der Waals surface area contributed by atoms with Gasteiger partial charge in [0, 0.05) is 18.2 Å². The number of alkyl halides is 3. The number of nitro groups is 1. The number of carbonyl (C=O) groups is 1. The second-order valence-corrected chi connectivity index (χ2v) is 8.38. The van der Waals surface area contributed by atoms with Crippen molar-refractivity contribution in [3.63, 3.8) is 0 Å². The third kappa shape index (κ3) is 5.64. The number of benzene rings is 3. The maximum atomic E-state index is 14.6. The lowest BCUT2D eigenvalue weighted by Crippen LogP contribution is -2.24. The fourth-order valence-corrected chi connectivity index (χ4v) is 3.59. The summed E-state index contributed by atoms with van der Waals surface area (Å²) in [5, 5.41) is 17.8. The second kappa shape index (κ2) is 10.3. The van der Waals surface area contributed by atoms with Crippen LogP contribution in [-0.2, 0) is 12.7 Å². The summed E-state index contributed by atoms with van der Waals surface area (Å²) in [6.07, 6.45) is -4.52. The molecule has 0 aliphatic heterocycles. The van der Waals surface area contributed by atoms with Gasteiger partial charge in [-0.2, -0.15) is 23.0 Å². The maximum absolute atomic E-state index is 14.6. The number of aryl methyl sites for hydroxylation is 1. The highest BCUT2D eigenvalue weighted by Gasteiger charge is 2.30. The molecule has 4 rings (SSSR count). The number of hydrogen-bond acceptors (Lipinski definition) is 5. The van der Waals surface area contributed by atoms with Crippen LogP contribution in [0, 0.1) is 29.8 Å². The fourth-order valence-electron chi connectivity index (χ4n) is 3.59. The van der Waals surface area contributed by atoms with Crippen molar-refractivity contribution in [2.75, 3.05) is 0 Å². The minimum atomic E-state index is -4.52. The molecule has 1 amide bonds. The summed E-state index contributed by atoms with van der Waals surface area (Å²) >= 11 is 0. The van der Waals surface area contributed by atoms with Crippen LogP contribution in [0.25, 0.3) is 5.69 Å². The molecule has 12 heteroatoms. The summed E-state index contributed by atoms with van der Waals surface area (Å²) in [4.78, 5) is 23.2. The van der Waals surface area contributed by atoms with E-state index >= 15 is 0 Å². The van der Waals surface area contributed by atoms with E-state index in [9.17, 15) is 32.5 Å². The first kappa shape index (κ1) is 26.3. The van der Waals surface area contributed by atoms with Crippen LogP contribution in [0.3, 0.4) is 0 Å². The van der Waals surface area contributed by atoms with Gasteiger partial charge in [-0.3, -0.25) is 14.9 Å². The smallest absolute Gasteiger partial charge is 0.416 e. The molecule has 3 aromatic carbocycles. The molecule has 0 bridgehead atoms. The zero-order chi connectivity index (χ0) is 27.6. The van der Waals surface area contributed by atoms with Gasteiger partial charge in [0.2, 0.25) is 5.88 Å². The van der Waals surface area contributed by atoms with Crippen molar-refractivity contribution in [2.24, 2.45) is 0 Å². The quantitative estimate of drug-likeness (QED) is 0.173. The number of hydrogen-bond donors (Lipinski definition) is 1. The molecule has 4 aromatic rings. The number of nitro benzene ring substituents is 1. The molecule has 0 radical (unpaired) electrons. The number of rotatable bonds is 7. The van der Waals surface area contributed by atoms with Gasteiger partial charge >= 0.3 is 6.18 Å². The predicted molar refractivity (Wildman–Crippen MR) is 129 cm³/mol. The van der Waals surface area contributed by atoms with Crippen molar-refractivity contribution in [3.05, 3.63) is 111 Å². The molecule has 0 spiro atoms. The van der Waals surface area contributed by atoms with Crippen molar-refractivity contribution in [1.29, 1.82) is 0 Å². The zero-order valence-electron chi connectivity index (χ0n) is 20.0. The predicted octanol–water partition coefficient (Wildman–Crippen LogP) is 6.28. The van der Waals surface area contributed by atoms with E-state index in [1.54, 1.807) is 24.3 Å². The number of carbonyl (C=O) groups excluding carboxylic acids is 1. The molecular formula is C26H20F4N4O4. The van der Waals surface area contributed by atoms with E-state index < -0.39 is 34.1 Å². The van der Waals surface area contributed by atoms with Gasteiger partial charge in [0.15, 0.2) is 17.3 Å². The molecule has 0 aliphatic rings. The Morgan fingerprint density at radius 1 is 1.08 bits per heavy atom. The van der Waals surface area contributed by atoms with Crippen LogP contribution in [0.15, 0.2) is 66.7 Å². The van der Waals surface area contributed by atoms with Gasteiger partial charge in [0.25, 0.3) is 11.6 Å². The van der Waals surface area contributed by atoms with Gasteiger partial charge in [0.1, 0.15) is 0 Å². The summed E-state index contributed by atoms with van der Waals surface area (Å²) in [7, 11) is 0. The molecule has 0 fully saturated rings.